The van der Waals surface area contributed by atoms with E-state index in [0.29, 0.717) is 17.9 Å². The second kappa shape index (κ2) is 5.82. The molecule has 3 heterocycles. The molecule has 0 bridgehead atoms. The van der Waals surface area contributed by atoms with Gasteiger partial charge in [0.25, 0.3) is 0 Å². The summed E-state index contributed by atoms with van der Waals surface area (Å²) in [5.74, 6) is 1.30. The molecule has 0 spiro atoms. The van der Waals surface area contributed by atoms with Gasteiger partial charge in [-0.1, -0.05) is 20.8 Å². The lowest BCUT2D eigenvalue weighted by Crippen LogP contribution is -2.08. The molecule has 2 aromatic heterocycles. The van der Waals surface area contributed by atoms with E-state index in [9.17, 15) is 0 Å². The van der Waals surface area contributed by atoms with Crippen LogP contribution in [-0.2, 0) is 19.3 Å². The van der Waals surface area contributed by atoms with Gasteiger partial charge in [-0.3, -0.25) is 0 Å². The minimum absolute atomic E-state index is 0.646. The van der Waals surface area contributed by atoms with Crippen LogP contribution in [0.5, 0.6) is 0 Å². The summed E-state index contributed by atoms with van der Waals surface area (Å²) in [7, 11) is 0. The Hall–Kier alpha value is -1.44. The zero-order valence-corrected chi connectivity index (χ0v) is 16.0. The number of hydrogen-bond acceptors (Lipinski definition) is 0. The standard InChI is InChI=1S/C22H32N2/c1-13(2)21-15(4)12-24-17(9-10-20(21)24)11-14(3)22-16(5)23-19-8-6-7-18(19)22/h12-14,17,23H,6-11H2,1-5H3. The second-order valence-corrected chi connectivity index (χ2v) is 8.54. The lowest BCUT2D eigenvalue weighted by atomic mass is 9.89. The van der Waals surface area contributed by atoms with Crippen LogP contribution in [0.25, 0.3) is 0 Å². The molecule has 0 saturated carbocycles. The first-order chi connectivity index (χ1) is 11.5. The largest absolute Gasteiger partial charge is 0.362 e. The number of nitrogens with one attached hydrogen (secondary N) is 1. The Labute approximate surface area is 146 Å². The minimum atomic E-state index is 0.646. The number of nitrogens with zero attached hydrogens (tertiary/aromatic N) is 1. The van der Waals surface area contributed by atoms with E-state index in [-0.39, 0.29) is 0 Å². The predicted octanol–water partition coefficient (Wildman–Crippen LogP) is 5.73. The van der Waals surface area contributed by atoms with Crippen molar-refractivity contribution in [2.24, 2.45) is 0 Å². The number of aryl methyl sites for hydroxylation is 3. The first kappa shape index (κ1) is 16.1. The first-order valence-corrected chi connectivity index (χ1v) is 9.87. The Balaban J connectivity index is 1.59. The van der Waals surface area contributed by atoms with Gasteiger partial charge in [0.05, 0.1) is 0 Å². The van der Waals surface area contributed by atoms with Crippen molar-refractivity contribution in [1.82, 2.24) is 9.55 Å². The molecule has 1 aliphatic carbocycles. The van der Waals surface area contributed by atoms with Crippen molar-refractivity contribution < 1.29 is 0 Å². The molecule has 2 unspecified atom stereocenters. The average Bonchev–Trinajstić information content (AvgIpc) is 3.20. The third kappa shape index (κ3) is 2.37. The van der Waals surface area contributed by atoms with Crippen LogP contribution in [-0.4, -0.2) is 9.55 Å². The highest BCUT2D eigenvalue weighted by Crippen LogP contribution is 2.42. The summed E-state index contributed by atoms with van der Waals surface area (Å²) in [5.41, 5.74) is 11.0. The first-order valence-electron chi connectivity index (χ1n) is 9.87. The van der Waals surface area contributed by atoms with Crippen molar-refractivity contribution in [2.45, 2.75) is 91.0 Å². The van der Waals surface area contributed by atoms with Crippen molar-refractivity contribution in [1.29, 1.82) is 0 Å². The molecular formula is C22H32N2. The van der Waals surface area contributed by atoms with E-state index in [1.807, 2.05) is 0 Å². The summed E-state index contributed by atoms with van der Waals surface area (Å²) in [5, 5.41) is 0. The summed E-state index contributed by atoms with van der Waals surface area (Å²) in [6.45, 7) is 11.7. The Morgan fingerprint density at radius 3 is 2.67 bits per heavy atom. The number of fused-ring (bicyclic) bond motifs is 2. The lowest BCUT2D eigenvalue weighted by molar-refractivity contribution is 0.450. The molecule has 2 heteroatoms. The molecule has 0 saturated heterocycles. The van der Waals surface area contributed by atoms with Gasteiger partial charge in [-0.25, -0.2) is 0 Å². The Kier molecular flexibility index (Phi) is 3.89. The van der Waals surface area contributed by atoms with E-state index < -0.39 is 0 Å². The van der Waals surface area contributed by atoms with Gasteiger partial charge in [-0.05, 0) is 86.5 Å². The van der Waals surface area contributed by atoms with E-state index in [4.69, 9.17) is 0 Å². The molecule has 2 aromatic rings. The van der Waals surface area contributed by atoms with Crippen LogP contribution in [0.15, 0.2) is 6.20 Å². The van der Waals surface area contributed by atoms with E-state index in [2.05, 4.69) is 50.4 Å². The number of hydrogen-bond donors (Lipinski definition) is 1. The smallest absolute Gasteiger partial charge is 0.0343 e. The molecular weight excluding hydrogens is 292 g/mol. The molecule has 2 aliphatic rings. The molecule has 1 N–H and O–H groups in total. The molecule has 1 aliphatic heterocycles. The van der Waals surface area contributed by atoms with Crippen molar-refractivity contribution in [3.05, 3.63) is 45.5 Å². The molecule has 2 atom stereocenters. The topological polar surface area (TPSA) is 20.7 Å². The van der Waals surface area contributed by atoms with E-state index >= 15 is 0 Å². The number of aromatic nitrogens is 2. The quantitative estimate of drug-likeness (QED) is 0.742. The lowest BCUT2D eigenvalue weighted by Gasteiger charge is -2.20. The molecule has 130 valence electrons. The molecule has 0 fully saturated rings. The van der Waals surface area contributed by atoms with Crippen LogP contribution in [0, 0.1) is 13.8 Å². The molecule has 0 amide bonds. The van der Waals surface area contributed by atoms with Crippen LogP contribution >= 0.6 is 0 Å². The van der Waals surface area contributed by atoms with Gasteiger partial charge in [0.15, 0.2) is 0 Å². The predicted molar refractivity (Wildman–Crippen MR) is 101 cm³/mol. The van der Waals surface area contributed by atoms with Gasteiger partial charge < -0.3 is 9.55 Å². The molecule has 24 heavy (non-hydrogen) atoms. The number of rotatable bonds is 4. The SMILES string of the molecule is Cc1cn2c(c1C(C)C)CCC2CC(C)c1c(C)[nH]c2c1CCC2. The zero-order valence-electron chi connectivity index (χ0n) is 16.0. The maximum atomic E-state index is 3.67. The van der Waals surface area contributed by atoms with Gasteiger partial charge in [0.1, 0.15) is 0 Å². The maximum absolute atomic E-state index is 3.67. The Bertz CT molecular complexity index is 760. The van der Waals surface area contributed by atoms with Gasteiger partial charge in [0.2, 0.25) is 0 Å². The van der Waals surface area contributed by atoms with Gasteiger partial charge in [-0.15, -0.1) is 0 Å². The van der Waals surface area contributed by atoms with Crippen molar-refractivity contribution >= 4 is 0 Å². The van der Waals surface area contributed by atoms with E-state index in [0.717, 1.165) is 0 Å². The molecule has 0 aromatic carbocycles. The summed E-state index contributed by atoms with van der Waals surface area (Å²) in [4.78, 5) is 3.67. The van der Waals surface area contributed by atoms with Gasteiger partial charge in [0, 0.05) is 29.3 Å². The molecule has 2 nitrogen and oxygen atoms in total. The highest BCUT2D eigenvalue weighted by Gasteiger charge is 2.30. The average molecular weight is 325 g/mol. The van der Waals surface area contributed by atoms with Crippen molar-refractivity contribution in [3.8, 4) is 0 Å². The van der Waals surface area contributed by atoms with E-state index in [1.54, 1.807) is 22.4 Å². The number of aromatic amines is 1. The van der Waals surface area contributed by atoms with Crippen molar-refractivity contribution in [3.63, 3.8) is 0 Å². The summed E-state index contributed by atoms with van der Waals surface area (Å²) in [6.07, 6.45) is 10.2. The third-order valence-electron chi connectivity index (χ3n) is 6.47. The fourth-order valence-electron chi connectivity index (χ4n) is 5.67. The van der Waals surface area contributed by atoms with Gasteiger partial charge in [-0.2, -0.15) is 0 Å². The highest BCUT2D eigenvalue weighted by molar-refractivity contribution is 5.42. The second-order valence-electron chi connectivity index (χ2n) is 8.54. The van der Waals surface area contributed by atoms with Crippen LogP contribution in [0.1, 0.15) is 97.2 Å². The Morgan fingerprint density at radius 2 is 1.92 bits per heavy atom. The van der Waals surface area contributed by atoms with Crippen LogP contribution < -0.4 is 0 Å². The van der Waals surface area contributed by atoms with Crippen LogP contribution in [0.2, 0.25) is 0 Å². The molecule has 4 rings (SSSR count). The monoisotopic (exact) mass is 324 g/mol. The maximum Gasteiger partial charge on any atom is 0.0343 e. The summed E-state index contributed by atoms with van der Waals surface area (Å²) < 4.78 is 2.63. The summed E-state index contributed by atoms with van der Waals surface area (Å²) >= 11 is 0. The van der Waals surface area contributed by atoms with Crippen LogP contribution in [0.3, 0.4) is 0 Å². The molecule has 0 radical (unpaired) electrons. The normalized spacial score (nSPS) is 20.7. The Morgan fingerprint density at radius 1 is 1.12 bits per heavy atom. The zero-order chi connectivity index (χ0) is 17.0. The third-order valence-corrected chi connectivity index (χ3v) is 6.47. The van der Waals surface area contributed by atoms with Crippen molar-refractivity contribution in [2.75, 3.05) is 0 Å². The summed E-state index contributed by atoms with van der Waals surface area (Å²) in [6, 6.07) is 0.688. The minimum Gasteiger partial charge on any atom is -0.362 e. The van der Waals surface area contributed by atoms with E-state index in [1.165, 1.54) is 55.5 Å². The van der Waals surface area contributed by atoms with Crippen LogP contribution in [0.4, 0.5) is 0 Å². The van der Waals surface area contributed by atoms with Gasteiger partial charge >= 0.3 is 0 Å². The highest BCUT2D eigenvalue weighted by atomic mass is 15.0. The fraction of sp³-hybridized carbons (Fsp3) is 0.636. The number of H-pyrrole nitrogens is 1. The fourth-order valence-corrected chi connectivity index (χ4v) is 5.67.